The fraction of sp³-hybridized carbons (Fsp3) is 0.500. The van der Waals surface area contributed by atoms with Crippen molar-refractivity contribution in [2.75, 3.05) is 24.7 Å². The van der Waals surface area contributed by atoms with Crippen LogP contribution in [0.5, 0.6) is 0 Å². The molecular weight excluding hydrogens is 286 g/mol. The van der Waals surface area contributed by atoms with Gasteiger partial charge in [0.1, 0.15) is 6.10 Å². The number of amides is 1. The summed E-state index contributed by atoms with van der Waals surface area (Å²) in [6, 6.07) is 7.32. The van der Waals surface area contributed by atoms with Crippen LogP contribution < -0.4 is 4.90 Å². The van der Waals surface area contributed by atoms with E-state index >= 15 is 0 Å². The molecule has 22 heavy (non-hydrogen) atoms. The van der Waals surface area contributed by atoms with Gasteiger partial charge in [-0.15, -0.1) is 0 Å². The lowest BCUT2D eigenvalue weighted by atomic mass is 9.96. The van der Waals surface area contributed by atoms with E-state index in [9.17, 15) is 9.59 Å². The molecule has 1 saturated heterocycles. The van der Waals surface area contributed by atoms with Crippen LogP contribution in [0.4, 0.5) is 10.5 Å². The van der Waals surface area contributed by atoms with Crippen LogP contribution in [0.2, 0.25) is 0 Å². The minimum atomic E-state index is -0.506. The molecule has 1 N–H and O–H groups in total. The van der Waals surface area contributed by atoms with Gasteiger partial charge in [0.05, 0.1) is 25.2 Å². The topological polar surface area (TPSA) is 76.1 Å². The van der Waals surface area contributed by atoms with Crippen LogP contribution in [-0.2, 0) is 19.7 Å². The standard InChI is InChI=1S/C16H19NO5/c1-2-21-14(19)16(7-8-16)11-3-5-12(6-4-11)17-9-13(10-18)22-15(17)20/h3-6,13,18H,2,7-10H2,1H3. The Morgan fingerprint density at radius 2 is 2.09 bits per heavy atom. The zero-order chi connectivity index (χ0) is 15.7. The number of carbonyl (C=O) groups is 2. The molecule has 1 amide bonds. The van der Waals surface area contributed by atoms with Crippen molar-refractivity contribution in [2.45, 2.75) is 31.3 Å². The molecule has 6 heteroatoms. The third kappa shape index (κ3) is 2.43. The number of carbonyl (C=O) groups excluding carboxylic acids is 2. The summed E-state index contributed by atoms with van der Waals surface area (Å²) in [7, 11) is 0. The van der Waals surface area contributed by atoms with Crippen LogP contribution in [0.1, 0.15) is 25.3 Å². The van der Waals surface area contributed by atoms with E-state index in [0.717, 1.165) is 18.4 Å². The summed E-state index contributed by atoms with van der Waals surface area (Å²) in [6.07, 6.45) is 0.646. The van der Waals surface area contributed by atoms with E-state index in [-0.39, 0.29) is 12.6 Å². The number of rotatable bonds is 5. The summed E-state index contributed by atoms with van der Waals surface area (Å²) >= 11 is 0. The molecule has 1 aromatic rings. The average molecular weight is 305 g/mol. The van der Waals surface area contributed by atoms with Crippen molar-refractivity contribution >= 4 is 17.7 Å². The van der Waals surface area contributed by atoms with Gasteiger partial charge in [-0.3, -0.25) is 9.69 Å². The van der Waals surface area contributed by atoms with E-state index in [0.29, 0.717) is 18.8 Å². The molecule has 1 unspecified atom stereocenters. The van der Waals surface area contributed by atoms with Crippen molar-refractivity contribution in [2.24, 2.45) is 0 Å². The van der Waals surface area contributed by atoms with E-state index in [1.54, 1.807) is 19.1 Å². The fourth-order valence-corrected chi connectivity index (χ4v) is 2.79. The molecule has 2 fully saturated rings. The zero-order valence-electron chi connectivity index (χ0n) is 12.4. The van der Waals surface area contributed by atoms with Crippen molar-refractivity contribution in [3.05, 3.63) is 29.8 Å². The predicted octanol–water partition coefficient (Wildman–Crippen LogP) is 1.60. The second kappa shape index (κ2) is 5.61. The molecule has 0 bridgehead atoms. The lowest BCUT2D eigenvalue weighted by Crippen LogP contribution is -2.26. The van der Waals surface area contributed by atoms with Crippen molar-refractivity contribution in [3.63, 3.8) is 0 Å². The van der Waals surface area contributed by atoms with E-state index < -0.39 is 17.6 Å². The SMILES string of the molecule is CCOC(=O)C1(c2ccc(N3CC(CO)OC3=O)cc2)CC1. The highest BCUT2D eigenvalue weighted by atomic mass is 16.6. The molecule has 0 spiro atoms. The number of hydrogen-bond acceptors (Lipinski definition) is 5. The summed E-state index contributed by atoms with van der Waals surface area (Å²) in [5.74, 6) is -0.177. The molecule has 1 heterocycles. The molecule has 2 aliphatic rings. The summed E-state index contributed by atoms with van der Waals surface area (Å²) in [5.41, 5.74) is 1.11. The molecule has 118 valence electrons. The largest absolute Gasteiger partial charge is 0.465 e. The second-order valence-electron chi connectivity index (χ2n) is 5.65. The van der Waals surface area contributed by atoms with Gasteiger partial charge in [-0.05, 0) is 37.5 Å². The molecule has 3 rings (SSSR count). The quantitative estimate of drug-likeness (QED) is 0.836. The monoisotopic (exact) mass is 305 g/mol. The molecule has 6 nitrogen and oxygen atoms in total. The van der Waals surface area contributed by atoms with Gasteiger partial charge in [0.25, 0.3) is 0 Å². The third-order valence-corrected chi connectivity index (χ3v) is 4.23. The lowest BCUT2D eigenvalue weighted by molar-refractivity contribution is -0.146. The van der Waals surface area contributed by atoms with Crippen molar-refractivity contribution in [3.8, 4) is 0 Å². The van der Waals surface area contributed by atoms with Crippen LogP contribution in [-0.4, -0.2) is 43.0 Å². The fourth-order valence-electron chi connectivity index (χ4n) is 2.79. The Balaban J connectivity index is 1.76. The number of aliphatic hydroxyl groups is 1. The minimum Gasteiger partial charge on any atom is -0.465 e. The summed E-state index contributed by atoms with van der Waals surface area (Å²) < 4.78 is 10.2. The molecule has 1 atom stereocenters. The Morgan fingerprint density at radius 3 is 2.59 bits per heavy atom. The Bertz CT molecular complexity index is 579. The van der Waals surface area contributed by atoms with E-state index in [1.165, 1.54) is 4.90 Å². The van der Waals surface area contributed by atoms with Crippen molar-refractivity contribution in [1.29, 1.82) is 0 Å². The van der Waals surface area contributed by atoms with Gasteiger partial charge in [-0.25, -0.2) is 4.79 Å². The first-order valence-corrected chi connectivity index (χ1v) is 7.47. The number of benzene rings is 1. The molecule has 0 radical (unpaired) electrons. The van der Waals surface area contributed by atoms with E-state index in [4.69, 9.17) is 14.6 Å². The smallest absolute Gasteiger partial charge is 0.414 e. The number of esters is 1. The van der Waals surface area contributed by atoms with Gasteiger partial charge < -0.3 is 14.6 Å². The first-order chi connectivity index (χ1) is 10.6. The van der Waals surface area contributed by atoms with Crippen LogP contribution >= 0.6 is 0 Å². The molecule has 1 aliphatic carbocycles. The van der Waals surface area contributed by atoms with Gasteiger partial charge in [-0.2, -0.15) is 0 Å². The van der Waals surface area contributed by atoms with E-state index in [1.807, 2.05) is 12.1 Å². The maximum Gasteiger partial charge on any atom is 0.414 e. The second-order valence-corrected chi connectivity index (χ2v) is 5.65. The summed E-state index contributed by atoms with van der Waals surface area (Å²) in [4.78, 5) is 25.3. The van der Waals surface area contributed by atoms with Crippen LogP contribution in [0.3, 0.4) is 0 Å². The van der Waals surface area contributed by atoms with Gasteiger partial charge in [-0.1, -0.05) is 12.1 Å². The maximum absolute atomic E-state index is 12.1. The number of aliphatic hydroxyl groups excluding tert-OH is 1. The number of anilines is 1. The van der Waals surface area contributed by atoms with Gasteiger partial charge in [0, 0.05) is 5.69 Å². The molecule has 1 aliphatic heterocycles. The van der Waals surface area contributed by atoms with Crippen LogP contribution in [0, 0.1) is 0 Å². The summed E-state index contributed by atoms with van der Waals surface area (Å²) in [6.45, 7) is 2.32. The number of hydrogen-bond donors (Lipinski definition) is 1. The zero-order valence-corrected chi connectivity index (χ0v) is 12.4. The van der Waals surface area contributed by atoms with Gasteiger partial charge in [0.15, 0.2) is 0 Å². The molecular formula is C16H19NO5. The van der Waals surface area contributed by atoms with Crippen molar-refractivity contribution < 1.29 is 24.2 Å². The van der Waals surface area contributed by atoms with Crippen molar-refractivity contribution in [1.82, 2.24) is 0 Å². The average Bonchev–Trinajstić information content (AvgIpc) is 3.26. The number of nitrogens with zero attached hydrogens (tertiary/aromatic N) is 1. The van der Waals surface area contributed by atoms with Gasteiger partial charge in [0.2, 0.25) is 0 Å². The van der Waals surface area contributed by atoms with Crippen LogP contribution in [0.15, 0.2) is 24.3 Å². The normalized spacial score (nSPS) is 22.4. The minimum absolute atomic E-state index is 0.177. The molecule has 0 aromatic heterocycles. The Kier molecular flexibility index (Phi) is 3.78. The Labute approximate surface area is 128 Å². The number of ether oxygens (including phenoxy) is 2. The first kappa shape index (κ1) is 14.8. The molecule has 1 saturated carbocycles. The predicted molar refractivity (Wildman–Crippen MR) is 78.7 cm³/mol. The Morgan fingerprint density at radius 1 is 1.41 bits per heavy atom. The lowest BCUT2D eigenvalue weighted by Gasteiger charge is -2.17. The van der Waals surface area contributed by atoms with Crippen LogP contribution in [0.25, 0.3) is 0 Å². The van der Waals surface area contributed by atoms with Gasteiger partial charge >= 0.3 is 12.1 Å². The third-order valence-electron chi connectivity index (χ3n) is 4.23. The highest BCUT2D eigenvalue weighted by Crippen LogP contribution is 2.49. The highest BCUT2D eigenvalue weighted by Gasteiger charge is 2.52. The molecule has 1 aromatic carbocycles. The number of cyclic esters (lactones) is 1. The highest BCUT2D eigenvalue weighted by molar-refractivity contribution is 5.90. The maximum atomic E-state index is 12.1. The Hall–Kier alpha value is -2.08. The first-order valence-electron chi connectivity index (χ1n) is 7.47. The van der Waals surface area contributed by atoms with E-state index in [2.05, 4.69) is 0 Å². The summed E-state index contributed by atoms with van der Waals surface area (Å²) in [5, 5.41) is 9.06.